The molecule has 6 nitrogen and oxygen atoms in total. The summed E-state index contributed by atoms with van der Waals surface area (Å²) in [5.41, 5.74) is 0.445. The van der Waals surface area contributed by atoms with Gasteiger partial charge in [0.05, 0.1) is 10.5 Å². The predicted molar refractivity (Wildman–Crippen MR) is 86.0 cm³/mol. The van der Waals surface area contributed by atoms with Crippen molar-refractivity contribution in [2.24, 2.45) is 0 Å². The zero-order valence-corrected chi connectivity index (χ0v) is 13.9. The largest absolute Gasteiger partial charge is 0.338 e. The number of likely N-dealkylation sites (tertiary alicyclic amines) is 1. The van der Waals surface area contributed by atoms with Crippen molar-refractivity contribution in [3.05, 3.63) is 38.3 Å². The van der Waals surface area contributed by atoms with Crippen molar-refractivity contribution >= 4 is 39.9 Å². The number of benzene rings is 1. The minimum absolute atomic E-state index is 0. The number of carbonyl (C=O) groups is 1. The van der Waals surface area contributed by atoms with Gasteiger partial charge in [0.25, 0.3) is 11.6 Å². The van der Waals surface area contributed by atoms with Gasteiger partial charge in [0.1, 0.15) is 0 Å². The minimum Gasteiger partial charge on any atom is -0.338 e. The van der Waals surface area contributed by atoms with Crippen LogP contribution in [0.3, 0.4) is 0 Å². The van der Waals surface area contributed by atoms with Gasteiger partial charge in [0.15, 0.2) is 0 Å². The lowest BCUT2D eigenvalue weighted by Crippen LogP contribution is -2.44. The van der Waals surface area contributed by atoms with Gasteiger partial charge < -0.3 is 10.2 Å². The third-order valence-corrected chi connectivity index (χ3v) is 4.24. The summed E-state index contributed by atoms with van der Waals surface area (Å²) in [7, 11) is 1.93. The van der Waals surface area contributed by atoms with Gasteiger partial charge in [-0.2, -0.15) is 0 Å². The summed E-state index contributed by atoms with van der Waals surface area (Å²) in [6.07, 6.45) is 1.85. The van der Waals surface area contributed by atoms with Gasteiger partial charge in [0, 0.05) is 35.7 Å². The Morgan fingerprint density at radius 1 is 1.43 bits per heavy atom. The first-order chi connectivity index (χ1) is 9.52. The van der Waals surface area contributed by atoms with Crippen molar-refractivity contribution in [2.75, 3.05) is 20.1 Å². The van der Waals surface area contributed by atoms with Gasteiger partial charge in [-0.1, -0.05) is 0 Å². The van der Waals surface area contributed by atoms with Crippen LogP contribution in [0.4, 0.5) is 5.69 Å². The molecule has 1 aliphatic rings. The molecule has 1 amide bonds. The summed E-state index contributed by atoms with van der Waals surface area (Å²) >= 11 is 3.24. The van der Waals surface area contributed by atoms with E-state index in [1.807, 2.05) is 7.05 Å². The number of nitrogens with zero attached hydrogens (tertiary/aromatic N) is 2. The lowest BCUT2D eigenvalue weighted by molar-refractivity contribution is -0.384. The van der Waals surface area contributed by atoms with Gasteiger partial charge in [0.2, 0.25) is 0 Å². The van der Waals surface area contributed by atoms with Crippen LogP contribution in [0.25, 0.3) is 0 Å². The van der Waals surface area contributed by atoms with Crippen molar-refractivity contribution < 1.29 is 9.72 Å². The Labute approximate surface area is 137 Å². The van der Waals surface area contributed by atoms with Crippen LogP contribution in [0.2, 0.25) is 0 Å². The summed E-state index contributed by atoms with van der Waals surface area (Å²) in [5.74, 6) is -0.0821. The smallest absolute Gasteiger partial charge is 0.270 e. The standard InChI is InChI=1S/C13H16BrN3O3.ClH/c1-15-9-4-6-16(7-5-9)13(18)11-3-2-10(17(19)20)8-12(11)14;/h2-3,8-9,15H,4-7H2,1H3;1H. The van der Waals surface area contributed by atoms with Crippen LogP contribution in [0, 0.1) is 10.1 Å². The molecule has 0 atom stereocenters. The average molecular weight is 379 g/mol. The Bertz CT molecular complexity index is 533. The topological polar surface area (TPSA) is 75.5 Å². The monoisotopic (exact) mass is 377 g/mol. The number of hydrogen-bond acceptors (Lipinski definition) is 4. The third-order valence-electron chi connectivity index (χ3n) is 3.58. The molecular formula is C13H17BrClN3O3. The normalized spacial score (nSPS) is 15.4. The number of nitro benzene ring substituents is 1. The molecule has 0 aromatic heterocycles. The summed E-state index contributed by atoms with van der Waals surface area (Å²) in [6, 6.07) is 4.69. The maximum atomic E-state index is 12.4. The number of nitrogens with one attached hydrogen (secondary N) is 1. The van der Waals surface area contributed by atoms with Gasteiger partial charge in [-0.3, -0.25) is 14.9 Å². The minimum atomic E-state index is -0.475. The van der Waals surface area contributed by atoms with Crippen molar-refractivity contribution in [3.63, 3.8) is 0 Å². The van der Waals surface area contributed by atoms with E-state index in [0.717, 1.165) is 12.8 Å². The molecule has 0 radical (unpaired) electrons. The molecule has 2 rings (SSSR count). The van der Waals surface area contributed by atoms with E-state index in [9.17, 15) is 14.9 Å². The highest BCUT2D eigenvalue weighted by Gasteiger charge is 2.24. The molecule has 116 valence electrons. The second-order valence-corrected chi connectivity index (χ2v) is 5.63. The Morgan fingerprint density at radius 2 is 2.05 bits per heavy atom. The Kier molecular flexibility index (Phi) is 6.57. The number of nitro groups is 1. The van der Waals surface area contributed by atoms with Crippen molar-refractivity contribution in [1.82, 2.24) is 10.2 Å². The number of rotatable bonds is 3. The van der Waals surface area contributed by atoms with E-state index >= 15 is 0 Å². The van der Waals surface area contributed by atoms with Gasteiger partial charge >= 0.3 is 0 Å². The molecule has 0 aliphatic carbocycles. The highest BCUT2D eigenvalue weighted by molar-refractivity contribution is 9.10. The molecule has 1 saturated heterocycles. The first-order valence-corrected chi connectivity index (χ1v) is 7.22. The number of amides is 1. The van der Waals surface area contributed by atoms with Gasteiger partial charge in [-0.15, -0.1) is 12.4 Å². The fourth-order valence-electron chi connectivity index (χ4n) is 2.33. The van der Waals surface area contributed by atoms with E-state index in [1.54, 1.807) is 4.90 Å². The molecule has 8 heteroatoms. The second-order valence-electron chi connectivity index (χ2n) is 4.78. The zero-order valence-electron chi connectivity index (χ0n) is 11.5. The lowest BCUT2D eigenvalue weighted by atomic mass is 10.0. The predicted octanol–water partition coefficient (Wildman–Crippen LogP) is 2.60. The molecule has 1 N–H and O–H groups in total. The van der Waals surface area contributed by atoms with Crippen LogP contribution < -0.4 is 5.32 Å². The first-order valence-electron chi connectivity index (χ1n) is 6.43. The molecule has 0 saturated carbocycles. The van der Waals surface area contributed by atoms with Crippen molar-refractivity contribution in [3.8, 4) is 0 Å². The summed E-state index contributed by atoms with van der Waals surface area (Å²) in [5, 5.41) is 13.9. The molecule has 1 aromatic rings. The number of piperidine rings is 1. The highest BCUT2D eigenvalue weighted by atomic mass is 79.9. The maximum absolute atomic E-state index is 12.4. The van der Waals surface area contributed by atoms with Crippen LogP contribution in [-0.4, -0.2) is 41.9 Å². The molecule has 1 heterocycles. The zero-order chi connectivity index (χ0) is 14.7. The molecule has 0 bridgehead atoms. The molecule has 21 heavy (non-hydrogen) atoms. The molecule has 0 spiro atoms. The van der Waals surface area contributed by atoms with Crippen LogP contribution in [0.5, 0.6) is 0 Å². The van der Waals surface area contributed by atoms with E-state index in [4.69, 9.17) is 0 Å². The summed E-state index contributed by atoms with van der Waals surface area (Å²) < 4.78 is 0.465. The van der Waals surface area contributed by atoms with E-state index in [-0.39, 0.29) is 24.0 Å². The molecule has 1 fully saturated rings. The van der Waals surface area contributed by atoms with E-state index in [1.165, 1.54) is 18.2 Å². The van der Waals surface area contributed by atoms with Gasteiger partial charge in [-0.25, -0.2) is 0 Å². The number of hydrogen-bond donors (Lipinski definition) is 1. The van der Waals surface area contributed by atoms with Crippen molar-refractivity contribution in [2.45, 2.75) is 18.9 Å². The van der Waals surface area contributed by atoms with Crippen LogP contribution >= 0.6 is 28.3 Å². The SMILES string of the molecule is CNC1CCN(C(=O)c2ccc([N+](=O)[O-])cc2Br)CC1.Cl. The fourth-order valence-corrected chi connectivity index (χ4v) is 2.87. The Morgan fingerprint density at radius 3 is 2.52 bits per heavy atom. The van der Waals surface area contributed by atoms with Crippen molar-refractivity contribution in [1.29, 1.82) is 0 Å². The Balaban J connectivity index is 0.00000220. The van der Waals surface area contributed by atoms with E-state index in [2.05, 4.69) is 21.2 Å². The molecule has 1 aliphatic heterocycles. The first kappa shape index (κ1) is 17.9. The highest BCUT2D eigenvalue weighted by Crippen LogP contribution is 2.25. The summed E-state index contributed by atoms with van der Waals surface area (Å²) in [6.45, 7) is 1.40. The lowest BCUT2D eigenvalue weighted by Gasteiger charge is -2.32. The maximum Gasteiger partial charge on any atom is 0.270 e. The second kappa shape index (κ2) is 7.72. The molecule has 0 unspecified atom stereocenters. The number of halogens is 2. The van der Waals surface area contributed by atoms with Crippen LogP contribution in [0.1, 0.15) is 23.2 Å². The Hall–Kier alpha value is -1.18. The number of carbonyl (C=O) groups excluding carboxylic acids is 1. The fraction of sp³-hybridized carbons (Fsp3) is 0.462. The van der Waals surface area contributed by atoms with E-state index < -0.39 is 4.92 Å². The average Bonchev–Trinajstić information content (AvgIpc) is 2.46. The van der Waals surface area contributed by atoms with Crippen LogP contribution in [0.15, 0.2) is 22.7 Å². The number of non-ortho nitro benzene ring substituents is 1. The summed E-state index contributed by atoms with van der Waals surface area (Å²) in [4.78, 5) is 24.4. The van der Waals surface area contributed by atoms with Crippen LogP contribution in [-0.2, 0) is 0 Å². The van der Waals surface area contributed by atoms with E-state index in [0.29, 0.717) is 29.2 Å². The van der Waals surface area contributed by atoms with Gasteiger partial charge in [-0.05, 0) is 41.9 Å². The quantitative estimate of drug-likeness (QED) is 0.648. The third kappa shape index (κ3) is 4.15. The molecule has 1 aromatic carbocycles. The molecular weight excluding hydrogens is 362 g/mol.